The van der Waals surface area contributed by atoms with Gasteiger partial charge in [-0.1, -0.05) is 18.2 Å². The number of nitrogens with zero attached hydrogens (tertiary/aromatic N) is 1. The minimum Gasteiger partial charge on any atom is -0.258 e. The monoisotopic (exact) mass is 173 g/mol. The molecule has 1 aromatic heterocycles. The highest BCUT2D eigenvalue weighted by atomic mass is 14.7. The molecular formula is C12H15N. The van der Waals surface area contributed by atoms with E-state index in [9.17, 15) is 0 Å². The van der Waals surface area contributed by atoms with E-state index in [0.717, 1.165) is 5.69 Å². The smallest absolute Gasteiger partial charge is 0.0475 e. The van der Waals surface area contributed by atoms with Crippen molar-refractivity contribution in [2.75, 3.05) is 0 Å². The maximum atomic E-state index is 4.55. The molecule has 0 N–H and O–H groups in total. The molecule has 0 saturated heterocycles. The summed E-state index contributed by atoms with van der Waals surface area (Å²) in [6, 6.07) is 6.28. The Labute approximate surface area is 79.5 Å². The molecule has 0 fully saturated rings. The molecule has 0 spiro atoms. The van der Waals surface area contributed by atoms with Crippen molar-refractivity contribution in [1.82, 2.24) is 4.98 Å². The van der Waals surface area contributed by atoms with Crippen molar-refractivity contribution in [3.05, 3.63) is 41.7 Å². The van der Waals surface area contributed by atoms with E-state index in [-0.39, 0.29) is 0 Å². The Kier molecular flexibility index (Phi) is 2.44. The number of aryl methyl sites for hydroxylation is 1. The number of hydrogen-bond donors (Lipinski definition) is 0. The molecular weight excluding hydrogens is 158 g/mol. The first-order valence-corrected chi connectivity index (χ1v) is 4.96. The maximum Gasteiger partial charge on any atom is 0.0475 e. The Morgan fingerprint density at radius 2 is 2.31 bits per heavy atom. The highest BCUT2D eigenvalue weighted by molar-refractivity contribution is 5.19. The van der Waals surface area contributed by atoms with Gasteiger partial charge in [-0.3, -0.25) is 4.98 Å². The van der Waals surface area contributed by atoms with E-state index in [0.29, 0.717) is 5.92 Å². The second kappa shape index (κ2) is 3.73. The lowest BCUT2D eigenvalue weighted by atomic mass is 9.92. The van der Waals surface area contributed by atoms with Gasteiger partial charge in [-0.15, -0.1) is 0 Å². The molecule has 2 rings (SSSR count). The van der Waals surface area contributed by atoms with Crippen molar-refractivity contribution < 1.29 is 0 Å². The van der Waals surface area contributed by atoms with Gasteiger partial charge in [0.25, 0.3) is 0 Å². The fourth-order valence-electron chi connectivity index (χ4n) is 1.83. The molecule has 1 heteroatoms. The summed E-state index contributed by atoms with van der Waals surface area (Å²) in [6.07, 6.45) is 8.37. The number of aromatic nitrogens is 1. The second-order valence-electron chi connectivity index (χ2n) is 3.67. The van der Waals surface area contributed by atoms with Crippen molar-refractivity contribution in [3.8, 4) is 0 Å². The van der Waals surface area contributed by atoms with E-state index >= 15 is 0 Å². The predicted octanol–water partition coefficient (Wildman–Crippen LogP) is 3.21. The molecule has 13 heavy (non-hydrogen) atoms. The summed E-state index contributed by atoms with van der Waals surface area (Å²) in [4.78, 5) is 4.55. The van der Waals surface area contributed by atoms with E-state index < -0.39 is 0 Å². The van der Waals surface area contributed by atoms with E-state index in [1.165, 1.54) is 25.0 Å². The van der Waals surface area contributed by atoms with Gasteiger partial charge in [-0.2, -0.15) is 0 Å². The third-order valence-corrected chi connectivity index (χ3v) is 2.54. The Bertz CT molecular complexity index is 315. The van der Waals surface area contributed by atoms with Crippen LogP contribution < -0.4 is 0 Å². The molecule has 0 radical (unpaired) electrons. The van der Waals surface area contributed by atoms with Crippen LogP contribution in [0.4, 0.5) is 0 Å². The molecule has 1 aromatic rings. The van der Waals surface area contributed by atoms with Crippen LogP contribution in [0.2, 0.25) is 0 Å². The van der Waals surface area contributed by atoms with Crippen molar-refractivity contribution in [1.29, 1.82) is 0 Å². The highest BCUT2D eigenvalue weighted by Crippen LogP contribution is 2.25. The molecule has 1 nitrogen and oxygen atoms in total. The van der Waals surface area contributed by atoms with Gasteiger partial charge in [-0.25, -0.2) is 0 Å². The average Bonchev–Trinajstić information content (AvgIpc) is 2.19. The molecule has 0 aromatic carbocycles. The maximum absolute atomic E-state index is 4.55. The van der Waals surface area contributed by atoms with Gasteiger partial charge >= 0.3 is 0 Å². The Hall–Kier alpha value is -1.11. The molecule has 0 aliphatic heterocycles. The van der Waals surface area contributed by atoms with Crippen LogP contribution in [0.15, 0.2) is 30.4 Å². The average molecular weight is 173 g/mol. The van der Waals surface area contributed by atoms with Crippen LogP contribution in [-0.2, 0) is 0 Å². The number of pyridine rings is 1. The number of hydrogen-bond acceptors (Lipinski definition) is 1. The van der Waals surface area contributed by atoms with Gasteiger partial charge in [-0.05, 0) is 38.3 Å². The fraction of sp³-hybridized carbons (Fsp3) is 0.417. The van der Waals surface area contributed by atoms with Crippen molar-refractivity contribution in [2.24, 2.45) is 0 Å². The SMILES string of the molecule is Cc1cccc(C2C=CCCC2)n1. The molecule has 1 atom stereocenters. The van der Waals surface area contributed by atoms with Gasteiger partial charge in [0.05, 0.1) is 0 Å². The Morgan fingerprint density at radius 1 is 1.38 bits per heavy atom. The number of allylic oxidation sites excluding steroid dienone is 2. The van der Waals surface area contributed by atoms with Crippen molar-refractivity contribution >= 4 is 0 Å². The van der Waals surface area contributed by atoms with Gasteiger partial charge in [0, 0.05) is 17.3 Å². The van der Waals surface area contributed by atoms with Crippen LogP contribution in [0.5, 0.6) is 0 Å². The van der Waals surface area contributed by atoms with Gasteiger partial charge in [0.1, 0.15) is 0 Å². The van der Waals surface area contributed by atoms with Gasteiger partial charge in [0.15, 0.2) is 0 Å². The van der Waals surface area contributed by atoms with Crippen LogP contribution >= 0.6 is 0 Å². The molecule has 0 saturated carbocycles. The third kappa shape index (κ3) is 1.97. The first-order chi connectivity index (χ1) is 6.36. The summed E-state index contributed by atoms with van der Waals surface area (Å²) in [5, 5.41) is 0. The summed E-state index contributed by atoms with van der Waals surface area (Å²) in [5.41, 5.74) is 2.35. The second-order valence-corrected chi connectivity index (χ2v) is 3.67. The van der Waals surface area contributed by atoms with Gasteiger partial charge < -0.3 is 0 Å². The lowest BCUT2D eigenvalue weighted by molar-refractivity contribution is 0.640. The lowest BCUT2D eigenvalue weighted by Gasteiger charge is -2.15. The Balaban J connectivity index is 2.24. The zero-order valence-electron chi connectivity index (χ0n) is 8.03. The van der Waals surface area contributed by atoms with E-state index in [2.05, 4.69) is 42.3 Å². The van der Waals surface area contributed by atoms with Crippen LogP contribution in [0, 0.1) is 6.92 Å². The highest BCUT2D eigenvalue weighted by Gasteiger charge is 2.11. The third-order valence-electron chi connectivity index (χ3n) is 2.54. The lowest BCUT2D eigenvalue weighted by Crippen LogP contribution is -2.02. The largest absolute Gasteiger partial charge is 0.258 e. The van der Waals surface area contributed by atoms with Crippen LogP contribution in [-0.4, -0.2) is 4.98 Å². The first-order valence-electron chi connectivity index (χ1n) is 4.96. The van der Waals surface area contributed by atoms with Crippen LogP contribution in [0.25, 0.3) is 0 Å². The summed E-state index contributed by atoms with van der Waals surface area (Å²) < 4.78 is 0. The summed E-state index contributed by atoms with van der Waals surface area (Å²) >= 11 is 0. The van der Waals surface area contributed by atoms with E-state index in [1.807, 2.05) is 0 Å². The zero-order valence-corrected chi connectivity index (χ0v) is 8.03. The molecule has 1 aliphatic carbocycles. The van der Waals surface area contributed by atoms with Gasteiger partial charge in [0.2, 0.25) is 0 Å². The molecule has 1 aliphatic rings. The predicted molar refractivity (Wildman–Crippen MR) is 54.7 cm³/mol. The normalized spacial score (nSPS) is 21.8. The molecule has 0 amide bonds. The van der Waals surface area contributed by atoms with Crippen LogP contribution in [0.3, 0.4) is 0 Å². The summed E-state index contributed by atoms with van der Waals surface area (Å²) in [6.45, 7) is 2.05. The standard InChI is InChI=1S/C12H15N/c1-10-6-5-9-12(13-10)11-7-3-2-4-8-11/h3,5-7,9,11H,2,4,8H2,1H3. The van der Waals surface area contributed by atoms with E-state index in [4.69, 9.17) is 0 Å². The first kappa shape index (κ1) is 8.49. The van der Waals surface area contributed by atoms with Crippen LogP contribution in [0.1, 0.15) is 36.6 Å². The molecule has 0 bridgehead atoms. The molecule has 1 heterocycles. The van der Waals surface area contributed by atoms with E-state index in [1.54, 1.807) is 0 Å². The summed E-state index contributed by atoms with van der Waals surface area (Å²) in [5.74, 6) is 0.564. The topological polar surface area (TPSA) is 12.9 Å². The fourth-order valence-corrected chi connectivity index (χ4v) is 1.83. The Morgan fingerprint density at radius 3 is 3.00 bits per heavy atom. The van der Waals surface area contributed by atoms with Crippen molar-refractivity contribution in [2.45, 2.75) is 32.1 Å². The molecule has 68 valence electrons. The number of rotatable bonds is 1. The zero-order chi connectivity index (χ0) is 9.10. The van der Waals surface area contributed by atoms with Crippen molar-refractivity contribution in [3.63, 3.8) is 0 Å². The molecule has 1 unspecified atom stereocenters. The quantitative estimate of drug-likeness (QED) is 0.594. The minimum absolute atomic E-state index is 0.564. The summed E-state index contributed by atoms with van der Waals surface area (Å²) in [7, 11) is 0. The minimum atomic E-state index is 0.564.